The number of Topliss-reactive ketones (excluding diaryl/α,β-unsaturated/α-hetero) is 1. The van der Waals surface area contributed by atoms with E-state index in [1.165, 1.54) is 5.56 Å². The Labute approximate surface area is 747 Å². The smallest absolute Gasteiger partial charge is 0.217 e. The van der Waals surface area contributed by atoms with Crippen molar-refractivity contribution in [3.8, 4) is 17.2 Å². The Morgan fingerprint density at radius 2 is 0.827 bits per heavy atom. The second kappa shape index (κ2) is 30.3. The number of benzene rings is 7. The Hall–Kier alpha value is -9.03. The molecule has 25 heteroatoms. The van der Waals surface area contributed by atoms with E-state index >= 15 is 0 Å². The van der Waals surface area contributed by atoms with Crippen LogP contribution in [0.4, 0.5) is 0 Å². The van der Waals surface area contributed by atoms with Gasteiger partial charge in [-0.2, -0.15) is 0 Å². The summed E-state index contributed by atoms with van der Waals surface area (Å²) in [5.41, 5.74) is 0.206. The topological polar surface area (TPSA) is 245 Å². The van der Waals surface area contributed by atoms with Gasteiger partial charge in [0.1, 0.15) is 80.7 Å². The zero-order valence-corrected chi connectivity index (χ0v) is 77.8. The lowest BCUT2D eigenvalue weighted by atomic mass is 9.70. The zero-order chi connectivity index (χ0) is 89.8. The molecular weight excluding hydrogens is 1620 g/mol. The molecular formula is C102H123N7O17Si. The number of aliphatic hydroxyl groups is 2. The molecule has 24 nitrogen and oxygen atoms in total. The van der Waals surface area contributed by atoms with Gasteiger partial charge in [0.05, 0.1) is 83.5 Å². The van der Waals surface area contributed by atoms with Crippen molar-refractivity contribution in [3.05, 3.63) is 245 Å². The van der Waals surface area contributed by atoms with E-state index in [0.29, 0.717) is 49.9 Å². The predicted molar refractivity (Wildman–Crippen MR) is 484 cm³/mol. The Morgan fingerprint density at radius 1 is 0.441 bits per heavy atom. The first-order valence-corrected chi connectivity index (χ1v) is 47.9. The van der Waals surface area contributed by atoms with Gasteiger partial charge in [-0.1, -0.05) is 137 Å². The van der Waals surface area contributed by atoms with Crippen LogP contribution in [0, 0.1) is 11.8 Å². The van der Waals surface area contributed by atoms with Gasteiger partial charge in [-0.05, 0) is 227 Å². The summed E-state index contributed by atoms with van der Waals surface area (Å²) in [7, 11) is 2.96. The maximum atomic E-state index is 14.1. The Bertz CT molecular complexity index is 5500. The Kier molecular flexibility index (Phi) is 20.8. The molecule has 0 amide bonds. The minimum absolute atomic E-state index is 0.0278. The minimum Gasteiger partial charge on any atom is -0.497 e. The third-order valence-corrected chi connectivity index (χ3v) is 35.5. The average Bonchev–Trinajstić information content (AvgIpc) is 1.43. The molecule has 0 radical (unpaired) electrons. The molecule has 127 heavy (non-hydrogen) atoms. The number of carbonyl (C=O) groups excluding carboxylic acids is 1. The molecule has 11 unspecified atom stereocenters. The number of nitrogens with zero attached hydrogens (tertiary/aromatic N) is 7. The van der Waals surface area contributed by atoms with Gasteiger partial charge >= 0.3 is 0 Å². The van der Waals surface area contributed by atoms with Gasteiger partial charge < -0.3 is 76.2 Å². The Balaban J connectivity index is 0.000000111. The molecule has 7 aromatic rings. The number of piperidine rings is 3. The van der Waals surface area contributed by atoms with Crippen LogP contribution in [0.25, 0.3) is 0 Å². The highest BCUT2D eigenvalue weighted by molar-refractivity contribution is 6.74. The molecule has 2 N–H and O–H groups in total. The molecule has 5 saturated carbocycles. The molecule has 6 saturated heterocycles. The van der Waals surface area contributed by atoms with Crippen molar-refractivity contribution < 1.29 is 81.0 Å². The lowest BCUT2D eigenvalue weighted by Crippen LogP contribution is -2.69. The van der Waals surface area contributed by atoms with E-state index in [-0.39, 0.29) is 89.9 Å². The molecule has 672 valence electrons. The fourth-order valence-electron chi connectivity index (χ4n) is 23.5. The third-order valence-electron chi connectivity index (χ3n) is 31.0. The molecule has 0 bridgehead atoms. The number of ether oxygens (including phenoxy) is 13. The number of likely N-dealkylation sites (tertiary alicyclic amines) is 3. The molecule has 7 spiro atoms. The minimum atomic E-state index is -2.07. The molecule has 22 rings (SSSR count). The number of rotatable bonds is 15. The van der Waals surface area contributed by atoms with Crippen molar-refractivity contribution in [2.45, 2.75) is 282 Å². The van der Waals surface area contributed by atoms with Crippen LogP contribution in [0.5, 0.6) is 17.2 Å². The number of aliphatic imine (C=N–C) groups is 4. The SMILES string of the molecule is C=C1C(O[Si](C)(C)C(C)(C)C)[C@@]2(N=C(c3ccccc3)OC2C)C2[C@H]1N2Cc1ccc(OC)cc1.CC1OC(c2ccccc2)=N[C@]12[C@H]1C[C@H]1[C@]1(COC(C)(C)O1)[C@]2(C)O.COc1ccc(CN2C3[C@@H]2[C@]2(COC(C)(C)O2)C(=O)[C@@]32N=C(c3ccccc3)OC2C)cc1.COc1ccc(CN2C3[C@@H]2[C@]2(COC(C)(C)O2)[C@](C)(O)[C@@]32N=C(c3ccccc3)OC2C)cc1. The highest BCUT2D eigenvalue weighted by atomic mass is 28.4. The molecule has 15 aliphatic rings. The summed E-state index contributed by atoms with van der Waals surface area (Å²) in [4.78, 5) is 41.9. The first kappa shape index (κ1) is 87.3. The summed E-state index contributed by atoms with van der Waals surface area (Å²) in [5.74, 6) is 3.13. The maximum absolute atomic E-state index is 14.1. The van der Waals surface area contributed by atoms with Crippen LogP contribution in [0.3, 0.4) is 0 Å². The van der Waals surface area contributed by atoms with Crippen molar-refractivity contribution in [2.75, 3.05) is 41.2 Å². The van der Waals surface area contributed by atoms with Gasteiger partial charge in [-0.25, -0.2) is 20.0 Å². The summed E-state index contributed by atoms with van der Waals surface area (Å²) >= 11 is 0. The monoisotopic (exact) mass is 1750 g/mol. The van der Waals surface area contributed by atoms with Gasteiger partial charge in [0, 0.05) is 41.9 Å². The van der Waals surface area contributed by atoms with Gasteiger partial charge in [-0.3, -0.25) is 19.5 Å². The lowest BCUT2D eigenvalue weighted by Gasteiger charge is -2.47. The number of ketones is 1. The summed E-state index contributed by atoms with van der Waals surface area (Å²) < 4.78 is 85.5. The summed E-state index contributed by atoms with van der Waals surface area (Å²) in [6.07, 6.45) is -0.214. The molecule has 7 aromatic carbocycles. The largest absolute Gasteiger partial charge is 0.497 e. The third kappa shape index (κ3) is 13.4. The maximum Gasteiger partial charge on any atom is 0.217 e. The summed E-state index contributed by atoms with van der Waals surface area (Å²) in [6.45, 7) is 42.4. The summed E-state index contributed by atoms with van der Waals surface area (Å²) in [5, 5.41) is 24.1. The highest BCUT2D eigenvalue weighted by Crippen LogP contribution is 2.74. The standard InChI is InChI=1S/C29H38N2O3Si.C27H32N2O5.C26H28N2O5.C20H25NO4/c1-19-24-25(31(24)18-21-14-16-23(32-6)17-15-21)29(26(19)34-35(7,8)28(3,4)5)20(2)33-27(30-29)22-12-10-9-11-13-22;1-17-27(28-23(33-17)19-9-7-6-8-10-19)22-21(26(25(27,4)30)16-32-24(2,3)34-26)29(22)15-18-11-13-20(31-5)14-12-18;1-16-26(27-22(32-16)18-8-6-5-7-9-18)21-20(25(23(26)29)15-31-24(2,3)33-25)28(21)14-17-10-12-19(30-4)13-11-17;1-12-20(21-16(24-12)13-8-6-5-7-9-13)15-10-14(15)19(18(20,4)22)11-23-17(2,3)25-19/h9-17,20,24-26H,1,18H2,2-8H3;6-14,17,21-22,30H,15-16H2,1-5H3;5-13,16,20-21H,14-15H2,1-4H3;5-9,12,14-15,22H,10-11H2,1-4H3/t20?,24-,25?,26?,29-,31?;17?,21-,22?,25+,26-,27+,29?;16?,20-,21?,25-,26+,28?;12?,14-,15+,18+,19-,20+/m0111/s1. The molecule has 5 aliphatic carbocycles. The Morgan fingerprint density at radius 3 is 1.26 bits per heavy atom. The van der Waals surface area contributed by atoms with E-state index in [1.54, 1.807) is 21.3 Å². The normalized spacial score (nSPS) is 39.4. The van der Waals surface area contributed by atoms with Crippen LogP contribution in [0.2, 0.25) is 18.1 Å². The number of hydrogen-bond donors (Lipinski definition) is 2. The van der Waals surface area contributed by atoms with Crippen LogP contribution >= 0.6 is 0 Å². The van der Waals surface area contributed by atoms with Gasteiger partial charge in [-0.15, -0.1) is 0 Å². The molecule has 25 atom stereocenters. The van der Waals surface area contributed by atoms with Crippen molar-refractivity contribution in [1.82, 2.24) is 14.7 Å². The second-order valence-electron chi connectivity index (χ2n) is 40.6. The van der Waals surface area contributed by atoms with Gasteiger partial charge in [0.25, 0.3) is 0 Å². The van der Waals surface area contributed by atoms with Crippen molar-refractivity contribution in [3.63, 3.8) is 0 Å². The van der Waals surface area contributed by atoms with Crippen molar-refractivity contribution in [1.29, 1.82) is 0 Å². The van der Waals surface area contributed by atoms with Crippen molar-refractivity contribution in [2.24, 2.45) is 31.8 Å². The fourth-order valence-corrected chi connectivity index (χ4v) is 24.8. The summed E-state index contributed by atoms with van der Waals surface area (Å²) in [6, 6.07) is 64.4. The molecule has 10 heterocycles. The van der Waals surface area contributed by atoms with E-state index in [9.17, 15) is 15.0 Å². The van der Waals surface area contributed by atoms with Crippen LogP contribution in [0.15, 0.2) is 226 Å². The van der Waals surface area contributed by atoms with Crippen LogP contribution < -0.4 is 14.2 Å². The van der Waals surface area contributed by atoms with Crippen LogP contribution in [0.1, 0.15) is 149 Å². The van der Waals surface area contributed by atoms with Crippen LogP contribution in [-0.2, 0) is 76.2 Å². The number of fused-ring (bicyclic) bond motifs is 11. The number of carbonyl (C=O) groups is 1. The fraction of sp³-hybridized carbons (Fsp3) is 0.520. The predicted octanol–water partition coefficient (Wildman–Crippen LogP) is 14.4. The lowest BCUT2D eigenvalue weighted by molar-refractivity contribution is -0.225. The zero-order valence-electron chi connectivity index (χ0n) is 76.8. The van der Waals surface area contributed by atoms with E-state index < -0.39 is 81.9 Å². The average molecular weight is 1750 g/mol. The highest BCUT2D eigenvalue weighted by Gasteiger charge is 2.91. The number of methoxy groups -OCH3 is 3. The van der Waals surface area contributed by atoms with E-state index in [2.05, 4.69) is 111 Å². The van der Waals surface area contributed by atoms with E-state index in [1.807, 2.05) is 222 Å². The molecule has 10 aliphatic heterocycles. The quantitative estimate of drug-likeness (QED) is 0.0550. The molecule has 0 aromatic heterocycles. The van der Waals surface area contributed by atoms with Crippen molar-refractivity contribution >= 4 is 37.7 Å². The molecule has 11 fully saturated rings. The first-order chi connectivity index (χ1) is 60.2. The second-order valence-corrected chi connectivity index (χ2v) is 45.3. The van der Waals surface area contributed by atoms with Crippen LogP contribution in [-0.4, -0.2) is 238 Å². The van der Waals surface area contributed by atoms with Gasteiger partial charge in [0.2, 0.25) is 29.4 Å². The van der Waals surface area contributed by atoms with E-state index in [0.717, 1.165) is 69.2 Å². The first-order valence-electron chi connectivity index (χ1n) is 45.0. The van der Waals surface area contributed by atoms with Gasteiger partial charge in [0.15, 0.2) is 36.8 Å². The van der Waals surface area contributed by atoms with E-state index in [4.69, 9.17) is 86.0 Å². The number of hydrogen-bond acceptors (Lipinski definition) is 24.